The van der Waals surface area contributed by atoms with Crippen LogP contribution >= 0.6 is 0 Å². The van der Waals surface area contributed by atoms with Crippen molar-refractivity contribution in [1.29, 1.82) is 0 Å². The third-order valence-corrected chi connectivity index (χ3v) is 2.52. The maximum Gasteiger partial charge on any atom is 0.253 e. The molecule has 0 aliphatic heterocycles. The first-order valence-corrected chi connectivity index (χ1v) is 5.82. The molecule has 0 saturated heterocycles. The zero-order valence-corrected chi connectivity index (χ0v) is 10.4. The summed E-state index contributed by atoms with van der Waals surface area (Å²) in [5, 5.41) is 2.74. The van der Waals surface area contributed by atoms with E-state index in [1.807, 2.05) is 6.07 Å². The molecule has 4 nitrogen and oxygen atoms in total. The predicted molar refractivity (Wildman–Crippen MR) is 70.3 cm³/mol. The Balaban J connectivity index is 2.84. The van der Waals surface area contributed by atoms with Crippen LogP contribution in [-0.4, -0.2) is 30.5 Å². The van der Waals surface area contributed by atoms with Crippen LogP contribution in [0.1, 0.15) is 24.2 Å². The minimum Gasteiger partial charge on any atom is -0.371 e. The minimum absolute atomic E-state index is 0.119. The van der Waals surface area contributed by atoms with Crippen molar-refractivity contribution in [3.8, 4) is 0 Å². The van der Waals surface area contributed by atoms with E-state index in [1.165, 1.54) is 0 Å². The van der Waals surface area contributed by atoms with Gasteiger partial charge in [0.2, 0.25) is 0 Å². The fraction of sp³-hybridized carbons (Fsp3) is 0.385. The number of aromatic nitrogens is 1. The first kappa shape index (κ1) is 13.2. The van der Waals surface area contributed by atoms with Gasteiger partial charge in [-0.05, 0) is 19.9 Å². The Kier molecular flexibility index (Phi) is 5.20. The van der Waals surface area contributed by atoms with Crippen molar-refractivity contribution in [2.24, 2.45) is 0 Å². The predicted octanol–water partition coefficient (Wildman–Crippen LogP) is 1.84. The van der Waals surface area contributed by atoms with Gasteiger partial charge in [0, 0.05) is 25.8 Å². The SMILES string of the molecule is C=CCNC(=O)c1cncc(N(CC)CC)c1. The number of carbonyl (C=O) groups excluding carboxylic acids is 1. The molecule has 1 aromatic rings. The molecule has 0 fully saturated rings. The van der Waals surface area contributed by atoms with Crippen molar-refractivity contribution in [2.45, 2.75) is 13.8 Å². The van der Waals surface area contributed by atoms with Crippen LogP contribution in [0.5, 0.6) is 0 Å². The van der Waals surface area contributed by atoms with E-state index >= 15 is 0 Å². The summed E-state index contributed by atoms with van der Waals surface area (Å²) < 4.78 is 0. The largest absolute Gasteiger partial charge is 0.371 e. The van der Waals surface area contributed by atoms with E-state index in [1.54, 1.807) is 18.5 Å². The van der Waals surface area contributed by atoms with Crippen LogP contribution in [0.3, 0.4) is 0 Å². The molecule has 0 aliphatic rings. The molecule has 0 unspecified atom stereocenters. The fourth-order valence-electron chi connectivity index (χ4n) is 1.58. The van der Waals surface area contributed by atoms with E-state index in [0.717, 1.165) is 18.8 Å². The molecular formula is C13H19N3O. The van der Waals surface area contributed by atoms with Crippen molar-refractivity contribution in [1.82, 2.24) is 10.3 Å². The molecule has 1 aromatic heterocycles. The van der Waals surface area contributed by atoms with E-state index < -0.39 is 0 Å². The number of anilines is 1. The molecule has 17 heavy (non-hydrogen) atoms. The summed E-state index contributed by atoms with van der Waals surface area (Å²) in [7, 11) is 0. The first-order valence-electron chi connectivity index (χ1n) is 5.82. The second kappa shape index (κ2) is 6.68. The lowest BCUT2D eigenvalue weighted by Crippen LogP contribution is -2.25. The molecule has 0 radical (unpaired) electrons. The third kappa shape index (κ3) is 3.59. The number of nitrogens with zero attached hydrogens (tertiary/aromatic N) is 2. The van der Waals surface area contributed by atoms with Gasteiger partial charge in [0.05, 0.1) is 17.4 Å². The summed E-state index contributed by atoms with van der Waals surface area (Å²) in [6, 6.07) is 1.86. The summed E-state index contributed by atoms with van der Waals surface area (Å²) in [5.74, 6) is -0.119. The quantitative estimate of drug-likeness (QED) is 0.763. The van der Waals surface area contributed by atoms with Crippen LogP contribution in [0.25, 0.3) is 0 Å². The number of amides is 1. The van der Waals surface area contributed by atoms with E-state index in [9.17, 15) is 4.79 Å². The van der Waals surface area contributed by atoms with Gasteiger partial charge in [-0.1, -0.05) is 6.08 Å². The van der Waals surface area contributed by atoms with Crippen LogP contribution in [0, 0.1) is 0 Å². The molecule has 92 valence electrons. The number of rotatable bonds is 6. The van der Waals surface area contributed by atoms with Gasteiger partial charge >= 0.3 is 0 Å². The van der Waals surface area contributed by atoms with Crippen LogP contribution in [0.4, 0.5) is 5.69 Å². The standard InChI is InChI=1S/C13H19N3O/c1-4-7-15-13(17)11-8-12(10-14-9-11)16(5-2)6-3/h4,8-10H,1,5-7H2,2-3H3,(H,15,17). The molecule has 1 heterocycles. The third-order valence-electron chi connectivity index (χ3n) is 2.52. The van der Waals surface area contributed by atoms with Crippen molar-refractivity contribution in [2.75, 3.05) is 24.5 Å². The zero-order valence-electron chi connectivity index (χ0n) is 10.4. The number of hydrogen-bond donors (Lipinski definition) is 1. The molecule has 0 aromatic carbocycles. The normalized spacial score (nSPS) is 9.76. The Labute approximate surface area is 102 Å². The van der Waals surface area contributed by atoms with Gasteiger partial charge in [0.25, 0.3) is 5.91 Å². The maximum absolute atomic E-state index is 11.7. The van der Waals surface area contributed by atoms with Gasteiger partial charge in [0.15, 0.2) is 0 Å². The Hall–Kier alpha value is -1.84. The van der Waals surface area contributed by atoms with Crippen molar-refractivity contribution in [3.63, 3.8) is 0 Å². The number of pyridine rings is 1. The van der Waals surface area contributed by atoms with Crippen LogP contribution < -0.4 is 10.2 Å². The summed E-state index contributed by atoms with van der Waals surface area (Å²) >= 11 is 0. The van der Waals surface area contributed by atoms with Gasteiger partial charge in [-0.25, -0.2) is 0 Å². The maximum atomic E-state index is 11.7. The summed E-state index contributed by atoms with van der Waals surface area (Å²) in [6.45, 7) is 9.98. The highest BCUT2D eigenvalue weighted by atomic mass is 16.1. The summed E-state index contributed by atoms with van der Waals surface area (Å²) in [6.07, 6.45) is 5.00. The Morgan fingerprint density at radius 1 is 1.47 bits per heavy atom. The monoisotopic (exact) mass is 233 g/mol. The van der Waals surface area contributed by atoms with Crippen LogP contribution in [0.2, 0.25) is 0 Å². The van der Waals surface area contributed by atoms with E-state index in [2.05, 4.69) is 35.6 Å². The summed E-state index contributed by atoms with van der Waals surface area (Å²) in [4.78, 5) is 18.0. The molecule has 0 saturated carbocycles. The highest BCUT2D eigenvalue weighted by Gasteiger charge is 2.08. The van der Waals surface area contributed by atoms with Gasteiger partial charge in [0.1, 0.15) is 0 Å². The second-order valence-electron chi connectivity index (χ2n) is 3.60. The highest BCUT2D eigenvalue weighted by molar-refractivity contribution is 5.94. The smallest absolute Gasteiger partial charge is 0.253 e. The fourth-order valence-corrected chi connectivity index (χ4v) is 1.58. The molecule has 0 spiro atoms. The van der Waals surface area contributed by atoms with E-state index in [-0.39, 0.29) is 5.91 Å². The second-order valence-corrected chi connectivity index (χ2v) is 3.60. The lowest BCUT2D eigenvalue weighted by Gasteiger charge is -2.20. The molecule has 0 atom stereocenters. The summed E-state index contributed by atoms with van der Waals surface area (Å²) in [5.41, 5.74) is 1.55. The average Bonchev–Trinajstić information content (AvgIpc) is 2.38. The molecule has 4 heteroatoms. The Bertz CT molecular complexity index is 386. The van der Waals surface area contributed by atoms with Crippen molar-refractivity contribution in [3.05, 3.63) is 36.7 Å². The molecule has 0 bridgehead atoms. The lowest BCUT2D eigenvalue weighted by atomic mass is 10.2. The number of carbonyl (C=O) groups is 1. The van der Waals surface area contributed by atoms with Crippen molar-refractivity contribution >= 4 is 11.6 Å². The van der Waals surface area contributed by atoms with Gasteiger partial charge < -0.3 is 10.2 Å². The van der Waals surface area contributed by atoms with Gasteiger partial charge in [-0.15, -0.1) is 6.58 Å². The number of nitrogens with one attached hydrogen (secondary N) is 1. The Morgan fingerprint density at radius 3 is 2.76 bits per heavy atom. The van der Waals surface area contributed by atoms with Crippen LogP contribution in [0.15, 0.2) is 31.1 Å². The van der Waals surface area contributed by atoms with E-state index in [4.69, 9.17) is 0 Å². The molecule has 1 amide bonds. The molecule has 1 rings (SSSR count). The molecular weight excluding hydrogens is 214 g/mol. The van der Waals surface area contributed by atoms with Gasteiger partial charge in [-0.2, -0.15) is 0 Å². The number of hydrogen-bond acceptors (Lipinski definition) is 3. The first-order chi connectivity index (χ1) is 8.22. The van der Waals surface area contributed by atoms with Crippen molar-refractivity contribution < 1.29 is 4.79 Å². The molecule has 0 aliphatic carbocycles. The van der Waals surface area contributed by atoms with Gasteiger partial charge in [-0.3, -0.25) is 9.78 Å². The molecule has 1 N–H and O–H groups in total. The zero-order chi connectivity index (χ0) is 12.7. The van der Waals surface area contributed by atoms with E-state index in [0.29, 0.717) is 12.1 Å². The lowest BCUT2D eigenvalue weighted by molar-refractivity contribution is 0.0957. The minimum atomic E-state index is -0.119. The Morgan fingerprint density at radius 2 is 2.18 bits per heavy atom. The topological polar surface area (TPSA) is 45.2 Å². The highest BCUT2D eigenvalue weighted by Crippen LogP contribution is 2.13. The average molecular weight is 233 g/mol. The van der Waals surface area contributed by atoms with Crippen LogP contribution in [-0.2, 0) is 0 Å².